The Morgan fingerprint density at radius 2 is 1.97 bits per heavy atom. The van der Waals surface area contributed by atoms with Crippen LogP contribution in [0, 0.1) is 5.82 Å². The van der Waals surface area contributed by atoms with Crippen molar-refractivity contribution in [1.82, 2.24) is 9.97 Å². The molecule has 0 atom stereocenters. The maximum Gasteiger partial charge on any atom is 0.344 e. The van der Waals surface area contributed by atoms with Crippen LogP contribution in [-0.2, 0) is 14.3 Å². The third-order valence-electron chi connectivity index (χ3n) is 5.08. The Morgan fingerprint density at radius 3 is 2.68 bits per heavy atom. The summed E-state index contributed by atoms with van der Waals surface area (Å²) >= 11 is 5.89. The van der Waals surface area contributed by atoms with Gasteiger partial charge in [-0.2, -0.15) is 4.98 Å². The molecule has 1 aliphatic rings. The number of benzene rings is 2. The van der Waals surface area contributed by atoms with Crippen LogP contribution in [0.25, 0.3) is 11.1 Å². The number of anilines is 3. The second-order valence-electron chi connectivity index (χ2n) is 7.40. The van der Waals surface area contributed by atoms with Crippen molar-refractivity contribution in [3.8, 4) is 16.9 Å². The highest BCUT2D eigenvalue weighted by molar-refractivity contribution is 6.31. The number of ether oxygens (including phenoxy) is 3. The fraction of sp³-hybridized carbons (Fsp3) is 0.292. The molecule has 0 saturated carbocycles. The number of hydrogen-bond donors (Lipinski definition) is 1. The molecule has 1 aliphatic heterocycles. The monoisotopic (exact) mass is 486 g/mol. The van der Waals surface area contributed by atoms with E-state index in [0.717, 1.165) is 16.9 Å². The second-order valence-corrected chi connectivity index (χ2v) is 7.81. The van der Waals surface area contributed by atoms with Crippen molar-refractivity contribution in [1.29, 1.82) is 0 Å². The summed E-state index contributed by atoms with van der Waals surface area (Å²) in [6.45, 7) is 4.48. The molecular formula is C24H24ClFN4O4. The number of nitrogens with one attached hydrogen (secondary N) is 1. The van der Waals surface area contributed by atoms with Crippen molar-refractivity contribution in [3.05, 3.63) is 59.5 Å². The van der Waals surface area contributed by atoms with E-state index < -0.39 is 11.8 Å². The zero-order valence-corrected chi connectivity index (χ0v) is 19.3. The summed E-state index contributed by atoms with van der Waals surface area (Å²) in [5, 5.41) is 3.10. The van der Waals surface area contributed by atoms with E-state index in [1.807, 2.05) is 12.1 Å². The zero-order valence-electron chi connectivity index (χ0n) is 18.6. The van der Waals surface area contributed by atoms with E-state index >= 15 is 0 Å². The number of esters is 1. The normalized spacial score (nSPS) is 13.4. The summed E-state index contributed by atoms with van der Waals surface area (Å²) in [6.07, 6.45) is 1.74. The molecule has 34 heavy (non-hydrogen) atoms. The average Bonchev–Trinajstić information content (AvgIpc) is 2.86. The molecule has 0 bridgehead atoms. The first-order chi connectivity index (χ1) is 16.5. The van der Waals surface area contributed by atoms with Gasteiger partial charge in [0.1, 0.15) is 17.4 Å². The Morgan fingerprint density at radius 1 is 1.21 bits per heavy atom. The Balaban J connectivity index is 1.58. The van der Waals surface area contributed by atoms with Gasteiger partial charge in [-0.3, -0.25) is 0 Å². The van der Waals surface area contributed by atoms with Gasteiger partial charge in [0, 0.05) is 30.5 Å². The van der Waals surface area contributed by atoms with Crippen molar-refractivity contribution < 1.29 is 23.4 Å². The Kier molecular flexibility index (Phi) is 7.76. The van der Waals surface area contributed by atoms with E-state index in [-0.39, 0.29) is 11.6 Å². The molecule has 3 aromatic rings. The fourth-order valence-electron chi connectivity index (χ4n) is 3.43. The van der Waals surface area contributed by atoms with Crippen LogP contribution in [0.5, 0.6) is 5.75 Å². The molecule has 8 nitrogen and oxygen atoms in total. The predicted molar refractivity (Wildman–Crippen MR) is 127 cm³/mol. The number of halogens is 2. The van der Waals surface area contributed by atoms with Crippen LogP contribution in [0.3, 0.4) is 0 Å². The van der Waals surface area contributed by atoms with E-state index in [9.17, 15) is 9.18 Å². The number of nitrogens with zero attached hydrogens (tertiary/aromatic N) is 3. The van der Waals surface area contributed by atoms with Crippen LogP contribution in [0.2, 0.25) is 5.02 Å². The minimum atomic E-state index is -0.493. The van der Waals surface area contributed by atoms with E-state index in [1.165, 1.54) is 12.1 Å². The molecule has 1 N–H and O–H groups in total. The maximum atomic E-state index is 13.5. The van der Waals surface area contributed by atoms with Gasteiger partial charge in [0.05, 0.1) is 24.8 Å². The minimum absolute atomic E-state index is 0.0142. The predicted octanol–water partition coefficient (Wildman–Crippen LogP) is 4.46. The molecule has 2 heterocycles. The van der Waals surface area contributed by atoms with E-state index in [4.69, 9.17) is 30.8 Å². The highest BCUT2D eigenvalue weighted by Crippen LogP contribution is 2.32. The molecule has 1 saturated heterocycles. The van der Waals surface area contributed by atoms with Gasteiger partial charge in [-0.15, -0.1) is 0 Å². The summed E-state index contributed by atoms with van der Waals surface area (Å²) < 4.78 is 29.3. The topological polar surface area (TPSA) is 85.8 Å². The molecule has 178 valence electrons. The molecule has 0 radical (unpaired) electrons. The lowest BCUT2D eigenvalue weighted by Gasteiger charge is -2.29. The third kappa shape index (κ3) is 5.92. The van der Waals surface area contributed by atoms with E-state index in [1.54, 1.807) is 31.3 Å². The summed E-state index contributed by atoms with van der Waals surface area (Å²) in [7, 11) is 0. The summed E-state index contributed by atoms with van der Waals surface area (Å²) in [6, 6.07) is 11.7. The standard InChI is InChI=1S/C24H24ClFN4O4/c1-2-33-22(31)15-34-18-6-3-16(4-7-18)19-14-27-24(28-17-5-8-21(26)20(25)13-17)29-23(19)30-9-11-32-12-10-30/h3-8,13-14H,2,9-12,15H2,1H3,(H,27,28,29). The SMILES string of the molecule is CCOC(=O)COc1ccc(-c2cnc(Nc3ccc(F)c(Cl)c3)nc2N2CCOCC2)cc1. The zero-order chi connectivity index (χ0) is 23.9. The number of carbonyl (C=O) groups excluding carboxylic acids is 1. The number of hydrogen-bond acceptors (Lipinski definition) is 8. The molecule has 10 heteroatoms. The van der Waals surface area contributed by atoms with Crippen LogP contribution in [0.1, 0.15) is 6.92 Å². The fourth-order valence-corrected chi connectivity index (χ4v) is 3.61. The van der Waals surface area contributed by atoms with Crippen LogP contribution in [0.15, 0.2) is 48.7 Å². The number of morpholine rings is 1. The number of aromatic nitrogens is 2. The van der Waals surface area contributed by atoms with Crippen molar-refractivity contribution in [3.63, 3.8) is 0 Å². The van der Waals surface area contributed by atoms with Crippen molar-refractivity contribution >= 4 is 35.0 Å². The third-order valence-corrected chi connectivity index (χ3v) is 5.37. The molecule has 0 amide bonds. The van der Waals surface area contributed by atoms with Gasteiger partial charge in [-0.05, 0) is 42.8 Å². The van der Waals surface area contributed by atoms with Gasteiger partial charge in [0.25, 0.3) is 0 Å². The smallest absolute Gasteiger partial charge is 0.344 e. The van der Waals surface area contributed by atoms with Gasteiger partial charge < -0.3 is 24.4 Å². The lowest BCUT2D eigenvalue weighted by Crippen LogP contribution is -2.37. The molecule has 2 aromatic carbocycles. The van der Waals surface area contributed by atoms with Crippen molar-refractivity contribution in [2.45, 2.75) is 6.92 Å². The molecule has 0 spiro atoms. The molecule has 4 rings (SSSR count). The molecular weight excluding hydrogens is 463 g/mol. The first kappa shape index (κ1) is 23.7. The molecule has 1 fully saturated rings. The van der Waals surface area contributed by atoms with Gasteiger partial charge >= 0.3 is 5.97 Å². The van der Waals surface area contributed by atoms with Crippen LogP contribution in [-0.4, -0.2) is 55.5 Å². The summed E-state index contributed by atoms with van der Waals surface area (Å²) in [4.78, 5) is 22.8. The van der Waals surface area contributed by atoms with E-state index in [0.29, 0.717) is 50.3 Å². The van der Waals surface area contributed by atoms with E-state index in [2.05, 4.69) is 15.2 Å². The number of carbonyl (C=O) groups is 1. The average molecular weight is 487 g/mol. The van der Waals surface area contributed by atoms with Gasteiger partial charge in [0.15, 0.2) is 6.61 Å². The van der Waals surface area contributed by atoms with Crippen LogP contribution < -0.4 is 15.0 Å². The highest BCUT2D eigenvalue weighted by atomic mass is 35.5. The second kappa shape index (κ2) is 11.1. The summed E-state index contributed by atoms with van der Waals surface area (Å²) in [5.74, 6) is 0.751. The van der Waals surface area contributed by atoms with Crippen molar-refractivity contribution in [2.24, 2.45) is 0 Å². The quantitative estimate of drug-likeness (QED) is 0.467. The van der Waals surface area contributed by atoms with Gasteiger partial charge in [0.2, 0.25) is 5.95 Å². The van der Waals surface area contributed by atoms with Gasteiger partial charge in [-0.1, -0.05) is 23.7 Å². The van der Waals surface area contributed by atoms with Crippen LogP contribution >= 0.6 is 11.6 Å². The molecule has 1 aromatic heterocycles. The molecule has 0 aliphatic carbocycles. The lowest BCUT2D eigenvalue weighted by molar-refractivity contribution is -0.145. The molecule has 0 unspecified atom stereocenters. The number of rotatable bonds is 8. The first-order valence-corrected chi connectivity index (χ1v) is 11.2. The lowest BCUT2D eigenvalue weighted by atomic mass is 10.1. The first-order valence-electron chi connectivity index (χ1n) is 10.8. The largest absolute Gasteiger partial charge is 0.482 e. The van der Waals surface area contributed by atoms with Crippen molar-refractivity contribution in [2.75, 3.05) is 49.7 Å². The Labute approximate surface area is 201 Å². The minimum Gasteiger partial charge on any atom is -0.482 e. The maximum absolute atomic E-state index is 13.5. The van der Waals surface area contributed by atoms with Gasteiger partial charge in [-0.25, -0.2) is 14.2 Å². The van der Waals surface area contributed by atoms with Crippen LogP contribution in [0.4, 0.5) is 21.8 Å². The highest BCUT2D eigenvalue weighted by Gasteiger charge is 2.19. The Bertz CT molecular complexity index is 1140. The Hall–Kier alpha value is -3.43. The summed E-state index contributed by atoms with van der Waals surface area (Å²) in [5.41, 5.74) is 2.30.